The molecule has 0 radical (unpaired) electrons. The number of benzene rings is 2. The number of rotatable bonds is 6. The van der Waals surface area contributed by atoms with E-state index in [1.54, 1.807) is 18.4 Å². The van der Waals surface area contributed by atoms with E-state index in [1.807, 2.05) is 24.3 Å². The third-order valence-electron chi connectivity index (χ3n) is 3.84. The van der Waals surface area contributed by atoms with E-state index in [0.717, 1.165) is 20.8 Å². The van der Waals surface area contributed by atoms with Crippen LogP contribution in [0, 0.1) is 0 Å². The van der Waals surface area contributed by atoms with Crippen LogP contribution in [0.2, 0.25) is 0 Å². The highest BCUT2D eigenvalue weighted by Crippen LogP contribution is 2.28. The van der Waals surface area contributed by atoms with Crippen LogP contribution in [-0.2, 0) is 11.2 Å². The maximum atomic E-state index is 12.0. The smallest absolute Gasteiger partial charge is 0.226 e. The van der Waals surface area contributed by atoms with Gasteiger partial charge in [-0.25, -0.2) is 4.98 Å². The lowest BCUT2D eigenvalue weighted by Crippen LogP contribution is -2.29. The summed E-state index contributed by atoms with van der Waals surface area (Å²) in [6.07, 6.45) is 0.839. The lowest BCUT2D eigenvalue weighted by atomic mass is 10.1. The Morgan fingerprint density at radius 2 is 2.00 bits per heavy atom. The number of nitrogens with one attached hydrogen (secondary N) is 1. The SMILES string of the molecule is CN=C(N)CCNC(=O)Cc1nc2ccc(-c3ccccc3)cc2s1. The summed E-state index contributed by atoms with van der Waals surface area (Å²) in [4.78, 5) is 20.4. The van der Waals surface area contributed by atoms with Crippen LogP contribution in [-0.4, -0.2) is 30.3 Å². The zero-order valence-electron chi connectivity index (χ0n) is 14.0. The number of carbonyl (C=O) groups is 1. The number of thiazole rings is 1. The second kappa shape index (κ2) is 7.90. The molecule has 2 aromatic carbocycles. The highest BCUT2D eigenvalue weighted by molar-refractivity contribution is 7.18. The second-order valence-electron chi connectivity index (χ2n) is 5.65. The molecule has 3 N–H and O–H groups in total. The maximum absolute atomic E-state index is 12.0. The summed E-state index contributed by atoms with van der Waals surface area (Å²) in [6.45, 7) is 0.491. The molecule has 0 fully saturated rings. The summed E-state index contributed by atoms with van der Waals surface area (Å²) in [6, 6.07) is 16.4. The first-order valence-electron chi connectivity index (χ1n) is 8.08. The fourth-order valence-corrected chi connectivity index (χ4v) is 3.51. The van der Waals surface area contributed by atoms with Gasteiger partial charge in [-0.15, -0.1) is 11.3 Å². The average molecular weight is 352 g/mol. The molecule has 1 aromatic heterocycles. The Kier molecular flexibility index (Phi) is 5.40. The molecule has 0 atom stereocenters. The Hall–Kier alpha value is -2.73. The number of nitrogens with two attached hydrogens (primary N) is 1. The molecular formula is C19H20N4OS. The number of aliphatic imine (C=N–C) groups is 1. The minimum atomic E-state index is -0.0498. The van der Waals surface area contributed by atoms with E-state index in [9.17, 15) is 4.79 Å². The molecule has 0 aliphatic carbocycles. The maximum Gasteiger partial charge on any atom is 0.226 e. The number of amides is 1. The monoisotopic (exact) mass is 352 g/mol. The topological polar surface area (TPSA) is 80.4 Å². The van der Waals surface area contributed by atoms with Crippen molar-refractivity contribution < 1.29 is 4.79 Å². The third-order valence-corrected chi connectivity index (χ3v) is 4.86. The molecule has 0 spiro atoms. The van der Waals surface area contributed by atoms with Crippen LogP contribution in [0.5, 0.6) is 0 Å². The molecule has 25 heavy (non-hydrogen) atoms. The standard InChI is InChI=1S/C19H20N4OS/c1-21-17(20)9-10-22-18(24)12-19-23-15-8-7-14(11-16(15)25-19)13-5-3-2-4-6-13/h2-8,11H,9-10,12H2,1H3,(H2,20,21)(H,22,24). The number of hydrogen-bond acceptors (Lipinski definition) is 4. The van der Waals surface area contributed by atoms with E-state index in [0.29, 0.717) is 18.8 Å². The summed E-state index contributed by atoms with van der Waals surface area (Å²) >= 11 is 1.56. The van der Waals surface area contributed by atoms with Crippen molar-refractivity contribution in [2.24, 2.45) is 10.7 Å². The fourth-order valence-electron chi connectivity index (χ4n) is 2.50. The van der Waals surface area contributed by atoms with Crippen LogP contribution in [0.25, 0.3) is 21.3 Å². The summed E-state index contributed by atoms with van der Waals surface area (Å²) in [7, 11) is 1.64. The Morgan fingerprint density at radius 3 is 2.76 bits per heavy atom. The van der Waals surface area contributed by atoms with E-state index < -0.39 is 0 Å². The molecule has 1 heterocycles. The second-order valence-corrected chi connectivity index (χ2v) is 6.76. The largest absolute Gasteiger partial charge is 0.387 e. The average Bonchev–Trinajstić information content (AvgIpc) is 3.03. The number of nitrogens with zero attached hydrogens (tertiary/aromatic N) is 2. The zero-order valence-corrected chi connectivity index (χ0v) is 14.8. The van der Waals surface area contributed by atoms with E-state index in [2.05, 4.69) is 39.6 Å². The molecule has 3 aromatic rings. The van der Waals surface area contributed by atoms with Gasteiger partial charge in [0, 0.05) is 20.0 Å². The van der Waals surface area contributed by atoms with Gasteiger partial charge >= 0.3 is 0 Å². The van der Waals surface area contributed by atoms with Crippen molar-refractivity contribution in [3.05, 3.63) is 53.5 Å². The summed E-state index contributed by atoms with van der Waals surface area (Å²) in [5, 5.41) is 3.66. The molecule has 3 rings (SSSR count). The van der Waals surface area contributed by atoms with Gasteiger partial charge in [0.25, 0.3) is 0 Å². The van der Waals surface area contributed by atoms with Gasteiger partial charge in [-0.05, 0) is 23.3 Å². The van der Waals surface area contributed by atoms with Gasteiger partial charge in [-0.1, -0.05) is 36.4 Å². The van der Waals surface area contributed by atoms with Gasteiger partial charge < -0.3 is 11.1 Å². The Balaban J connectivity index is 1.68. The van der Waals surface area contributed by atoms with Crippen LogP contribution >= 0.6 is 11.3 Å². The quantitative estimate of drug-likeness (QED) is 0.529. The number of amidine groups is 1. The van der Waals surface area contributed by atoms with Gasteiger partial charge in [0.05, 0.1) is 22.5 Å². The third kappa shape index (κ3) is 4.42. The van der Waals surface area contributed by atoms with Crippen molar-refractivity contribution in [3.63, 3.8) is 0 Å². The van der Waals surface area contributed by atoms with Crippen molar-refractivity contribution >= 4 is 33.3 Å². The van der Waals surface area contributed by atoms with Gasteiger partial charge in [-0.2, -0.15) is 0 Å². The molecule has 0 aliphatic heterocycles. The van der Waals surface area contributed by atoms with Gasteiger partial charge in [0.1, 0.15) is 5.01 Å². The summed E-state index contributed by atoms with van der Waals surface area (Å²) in [5.41, 5.74) is 8.87. The van der Waals surface area contributed by atoms with Crippen molar-refractivity contribution in [2.75, 3.05) is 13.6 Å². The van der Waals surface area contributed by atoms with Crippen LogP contribution in [0.15, 0.2) is 53.5 Å². The molecule has 5 nitrogen and oxygen atoms in total. The van der Waals surface area contributed by atoms with Gasteiger partial charge in [0.15, 0.2) is 0 Å². The van der Waals surface area contributed by atoms with Crippen molar-refractivity contribution in [1.82, 2.24) is 10.3 Å². The Morgan fingerprint density at radius 1 is 1.20 bits per heavy atom. The molecule has 1 amide bonds. The lowest BCUT2D eigenvalue weighted by Gasteiger charge is -2.02. The van der Waals surface area contributed by atoms with E-state index in [1.165, 1.54) is 5.56 Å². The molecule has 0 saturated carbocycles. The van der Waals surface area contributed by atoms with Crippen LogP contribution in [0.1, 0.15) is 11.4 Å². The zero-order chi connectivity index (χ0) is 17.6. The molecule has 128 valence electrons. The van der Waals surface area contributed by atoms with E-state index >= 15 is 0 Å². The summed E-state index contributed by atoms with van der Waals surface area (Å²) in [5.74, 6) is 0.486. The minimum Gasteiger partial charge on any atom is -0.387 e. The molecule has 0 bridgehead atoms. The molecule has 0 saturated heterocycles. The summed E-state index contributed by atoms with van der Waals surface area (Å²) < 4.78 is 1.09. The van der Waals surface area contributed by atoms with Crippen LogP contribution in [0.4, 0.5) is 0 Å². The van der Waals surface area contributed by atoms with Gasteiger partial charge in [-0.3, -0.25) is 9.79 Å². The van der Waals surface area contributed by atoms with E-state index in [-0.39, 0.29) is 12.3 Å². The highest BCUT2D eigenvalue weighted by atomic mass is 32.1. The number of fused-ring (bicyclic) bond motifs is 1. The fraction of sp³-hybridized carbons (Fsp3) is 0.211. The molecule has 0 aliphatic rings. The Labute approximate surface area is 150 Å². The van der Waals surface area contributed by atoms with Crippen molar-refractivity contribution in [3.8, 4) is 11.1 Å². The molecule has 0 unspecified atom stereocenters. The first-order valence-corrected chi connectivity index (χ1v) is 8.90. The predicted molar refractivity (Wildman–Crippen MR) is 104 cm³/mol. The normalized spacial score (nSPS) is 11.6. The highest BCUT2D eigenvalue weighted by Gasteiger charge is 2.10. The van der Waals surface area contributed by atoms with Crippen LogP contribution < -0.4 is 11.1 Å². The van der Waals surface area contributed by atoms with Crippen molar-refractivity contribution in [2.45, 2.75) is 12.8 Å². The van der Waals surface area contributed by atoms with Gasteiger partial charge in [0.2, 0.25) is 5.91 Å². The number of hydrogen-bond donors (Lipinski definition) is 2. The minimum absolute atomic E-state index is 0.0498. The number of aromatic nitrogens is 1. The Bertz CT molecular complexity index is 902. The van der Waals surface area contributed by atoms with Crippen LogP contribution in [0.3, 0.4) is 0 Å². The molecular weight excluding hydrogens is 332 g/mol. The van der Waals surface area contributed by atoms with Crippen molar-refractivity contribution in [1.29, 1.82) is 0 Å². The van der Waals surface area contributed by atoms with E-state index in [4.69, 9.17) is 5.73 Å². The number of carbonyl (C=O) groups excluding carboxylic acids is 1. The molecule has 6 heteroatoms. The predicted octanol–water partition coefficient (Wildman–Crippen LogP) is 3.00. The first-order chi connectivity index (χ1) is 12.2. The lowest BCUT2D eigenvalue weighted by molar-refractivity contribution is -0.120. The first kappa shape index (κ1) is 17.1.